The third-order valence-corrected chi connectivity index (χ3v) is 2.65. The van der Waals surface area contributed by atoms with E-state index < -0.39 is 11.9 Å². The predicted molar refractivity (Wildman–Crippen MR) is 67.0 cm³/mol. The van der Waals surface area contributed by atoms with Gasteiger partial charge in [0.05, 0.1) is 5.97 Å². The van der Waals surface area contributed by atoms with Crippen LogP contribution in [-0.4, -0.2) is 18.1 Å². The van der Waals surface area contributed by atoms with Crippen LogP contribution < -0.4 is 61.8 Å². The Morgan fingerprint density at radius 2 is 1.83 bits per heavy atom. The third-order valence-electron chi connectivity index (χ3n) is 2.39. The first-order chi connectivity index (χ1) is 7.79. The maximum absolute atomic E-state index is 11.1. The van der Waals surface area contributed by atoms with E-state index in [4.69, 9.17) is 11.6 Å². The van der Waals surface area contributed by atoms with E-state index in [1.165, 1.54) is 0 Å². The van der Waals surface area contributed by atoms with Gasteiger partial charge >= 0.3 is 51.4 Å². The number of carboxylic acids is 1. The molecule has 0 aliphatic heterocycles. The van der Waals surface area contributed by atoms with Gasteiger partial charge in [-0.15, -0.1) is 0 Å². The van der Waals surface area contributed by atoms with E-state index in [-0.39, 0.29) is 56.9 Å². The van der Waals surface area contributed by atoms with Crippen LogP contribution in [-0.2, 0) is 4.79 Å². The molecule has 0 aliphatic carbocycles. The summed E-state index contributed by atoms with van der Waals surface area (Å²) in [6, 6.07) is 6.80. The average molecular weight is 294 g/mol. The number of hydrogen-bond acceptors (Lipinski definition) is 3. The van der Waals surface area contributed by atoms with Crippen molar-refractivity contribution in [3.8, 4) is 0 Å². The normalized spacial score (nSPS) is 12.7. The Bertz CT molecular complexity index is 387. The predicted octanol–water partition coefficient (Wildman–Crippen LogP) is -1.43. The number of carboxylic acid groups (broad SMARTS) is 1. The summed E-state index contributed by atoms with van der Waals surface area (Å²) in [6.07, 6.45) is 0. The monoisotopic (exact) mass is 293 g/mol. The maximum Gasteiger partial charge on any atom is 1.00 e. The number of carbonyl (C=O) groups is 1. The van der Waals surface area contributed by atoms with Crippen molar-refractivity contribution in [1.82, 2.24) is 5.32 Å². The quantitative estimate of drug-likeness (QED) is 0.692. The second-order valence-electron chi connectivity index (χ2n) is 5.05. The number of halogens is 1. The summed E-state index contributed by atoms with van der Waals surface area (Å²) in [7, 11) is 0. The Kier molecular flexibility index (Phi) is 8.25. The molecule has 0 aliphatic rings. The van der Waals surface area contributed by atoms with Crippen molar-refractivity contribution in [2.45, 2.75) is 32.2 Å². The van der Waals surface area contributed by atoms with E-state index in [0.29, 0.717) is 17.1 Å². The largest absolute Gasteiger partial charge is 1.00 e. The molecule has 94 valence electrons. The molecular weight excluding hydrogens is 277 g/mol. The summed E-state index contributed by atoms with van der Waals surface area (Å²) >= 11 is 5.77. The van der Waals surface area contributed by atoms with Gasteiger partial charge in [0.25, 0.3) is 0 Å². The number of rotatable bonds is 4. The fourth-order valence-electron chi connectivity index (χ4n) is 1.44. The van der Waals surface area contributed by atoms with Crippen molar-refractivity contribution < 1.29 is 61.3 Å². The standard InChI is InChI=1S/C13H18ClNO2.K/c1-13(2,3)15-8-11(12(16)17)9-4-6-10(14)7-5-9;/h4-7,11,15H,8H2,1-3H3,(H,16,17);/q;+1/p-1. The van der Waals surface area contributed by atoms with Crippen molar-refractivity contribution >= 4 is 17.6 Å². The molecule has 1 rings (SSSR count). The van der Waals surface area contributed by atoms with Crippen molar-refractivity contribution in [3.63, 3.8) is 0 Å². The molecule has 0 spiro atoms. The Labute approximate surface area is 156 Å². The van der Waals surface area contributed by atoms with Gasteiger partial charge in [-0.25, -0.2) is 0 Å². The molecule has 3 nitrogen and oxygen atoms in total. The Balaban J connectivity index is 0.00000289. The molecule has 0 bridgehead atoms. The molecule has 0 amide bonds. The molecule has 0 radical (unpaired) electrons. The number of nitrogens with one attached hydrogen (secondary N) is 1. The molecule has 0 aromatic heterocycles. The summed E-state index contributed by atoms with van der Waals surface area (Å²) in [6.45, 7) is 6.30. The van der Waals surface area contributed by atoms with Crippen molar-refractivity contribution in [2.24, 2.45) is 0 Å². The van der Waals surface area contributed by atoms with Crippen molar-refractivity contribution in [3.05, 3.63) is 34.9 Å². The molecule has 5 heteroatoms. The van der Waals surface area contributed by atoms with Crippen LogP contribution in [0, 0.1) is 0 Å². The van der Waals surface area contributed by atoms with Crippen molar-refractivity contribution in [1.29, 1.82) is 0 Å². The number of hydrogen-bond donors (Lipinski definition) is 1. The first-order valence-electron chi connectivity index (χ1n) is 5.51. The number of carbonyl (C=O) groups excluding carboxylic acids is 1. The zero-order chi connectivity index (χ0) is 13.1. The first-order valence-corrected chi connectivity index (χ1v) is 5.89. The van der Waals surface area contributed by atoms with Crippen molar-refractivity contribution in [2.75, 3.05) is 6.54 Å². The Morgan fingerprint density at radius 3 is 2.22 bits per heavy atom. The molecule has 0 saturated carbocycles. The van der Waals surface area contributed by atoms with Crippen LogP contribution in [0.4, 0.5) is 0 Å². The Morgan fingerprint density at radius 1 is 1.33 bits per heavy atom. The maximum atomic E-state index is 11.1. The molecule has 1 atom stereocenters. The first kappa shape index (κ1) is 18.6. The van der Waals surface area contributed by atoms with Gasteiger partial charge in [0, 0.05) is 23.0 Å². The molecule has 18 heavy (non-hydrogen) atoms. The van der Waals surface area contributed by atoms with E-state index in [0.717, 1.165) is 0 Å². The van der Waals surface area contributed by atoms with Crippen LogP contribution in [0.1, 0.15) is 32.3 Å². The second kappa shape index (κ2) is 8.00. The van der Waals surface area contributed by atoms with E-state index in [1.807, 2.05) is 20.8 Å². The molecule has 1 N–H and O–H groups in total. The molecule has 1 unspecified atom stereocenters. The van der Waals surface area contributed by atoms with E-state index in [2.05, 4.69) is 5.32 Å². The van der Waals surface area contributed by atoms with Gasteiger partial charge in [0.1, 0.15) is 0 Å². The molecule has 0 saturated heterocycles. The molecule has 0 fully saturated rings. The van der Waals surface area contributed by atoms with Crippen LogP contribution >= 0.6 is 11.6 Å². The van der Waals surface area contributed by atoms with Crippen LogP contribution in [0.15, 0.2) is 24.3 Å². The van der Waals surface area contributed by atoms with E-state index in [9.17, 15) is 9.90 Å². The third kappa shape index (κ3) is 6.66. The van der Waals surface area contributed by atoms with Gasteiger partial charge < -0.3 is 15.2 Å². The van der Waals surface area contributed by atoms with Gasteiger partial charge in [0.2, 0.25) is 0 Å². The smallest absolute Gasteiger partial charge is 0.549 e. The van der Waals surface area contributed by atoms with Gasteiger partial charge in [-0.05, 0) is 38.5 Å². The van der Waals surface area contributed by atoms with E-state index in [1.54, 1.807) is 24.3 Å². The van der Waals surface area contributed by atoms with Crippen LogP contribution in [0.5, 0.6) is 0 Å². The van der Waals surface area contributed by atoms with Gasteiger partial charge in [-0.2, -0.15) is 0 Å². The number of aliphatic carboxylic acids is 1. The second-order valence-corrected chi connectivity index (χ2v) is 5.49. The minimum absolute atomic E-state index is 0. The summed E-state index contributed by atoms with van der Waals surface area (Å²) in [4.78, 5) is 11.1. The van der Waals surface area contributed by atoms with Crippen LogP contribution in [0.25, 0.3) is 0 Å². The molecular formula is C13H17ClKNO2. The van der Waals surface area contributed by atoms with Gasteiger partial charge in [0.15, 0.2) is 0 Å². The molecule has 0 heterocycles. The molecule has 1 aromatic rings. The SMILES string of the molecule is CC(C)(C)NCC(C(=O)[O-])c1ccc(Cl)cc1.[K+]. The minimum atomic E-state index is -1.08. The van der Waals surface area contributed by atoms with E-state index >= 15 is 0 Å². The molecule has 1 aromatic carbocycles. The number of benzene rings is 1. The zero-order valence-electron chi connectivity index (χ0n) is 11.3. The van der Waals surface area contributed by atoms with Gasteiger partial charge in [-0.3, -0.25) is 0 Å². The fraction of sp³-hybridized carbons (Fsp3) is 0.462. The summed E-state index contributed by atoms with van der Waals surface area (Å²) in [5, 5.41) is 14.9. The fourth-order valence-corrected chi connectivity index (χ4v) is 1.57. The minimum Gasteiger partial charge on any atom is -0.549 e. The zero-order valence-corrected chi connectivity index (χ0v) is 15.2. The van der Waals surface area contributed by atoms with Crippen LogP contribution in [0.2, 0.25) is 5.02 Å². The van der Waals surface area contributed by atoms with Gasteiger partial charge in [-0.1, -0.05) is 23.7 Å². The van der Waals surface area contributed by atoms with Crippen LogP contribution in [0.3, 0.4) is 0 Å². The average Bonchev–Trinajstić information content (AvgIpc) is 2.18. The summed E-state index contributed by atoms with van der Waals surface area (Å²) < 4.78 is 0. The topological polar surface area (TPSA) is 52.2 Å². The summed E-state index contributed by atoms with van der Waals surface area (Å²) in [5.74, 6) is -1.74. The summed E-state index contributed by atoms with van der Waals surface area (Å²) in [5.41, 5.74) is 0.575. The Hall–Kier alpha value is 0.576.